The molecule has 1 aromatic heterocycles. The molecule has 3 heteroatoms. The lowest BCUT2D eigenvalue weighted by atomic mass is 10.0. The molecule has 0 amide bonds. The summed E-state index contributed by atoms with van der Waals surface area (Å²) in [7, 11) is 0. The normalized spacial score (nSPS) is 10.4. The lowest BCUT2D eigenvalue weighted by Crippen LogP contribution is -2.07. The molecule has 0 unspecified atom stereocenters. The highest BCUT2D eigenvalue weighted by atomic mass is 16.3. The van der Waals surface area contributed by atoms with E-state index in [2.05, 4.69) is 6.92 Å². The van der Waals surface area contributed by atoms with Gasteiger partial charge in [0.15, 0.2) is 5.78 Å². The topological polar surface area (TPSA) is 47.3 Å². The van der Waals surface area contributed by atoms with Crippen LogP contribution in [0.1, 0.15) is 62.2 Å². The average molecular weight is 236 g/mol. The van der Waals surface area contributed by atoms with Gasteiger partial charge in [0, 0.05) is 6.42 Å². The van der Waals surface area contributed by atoms with Crippen LogP contribution >= 0.6 is 0 Å². The van der Waals surface area contributed by atoms with Gasteiger partial charge in [0.2, 0.25) is 0 Å². The molecule has 0 radical (unpaired) electrons. The second-order valence-electron chi connectivity index (χ2n) is 4.31. The van der Waals surface area contributed by atoms with E-state index in [1.54, 1.807) is 6.07 Å². The van der Waals surface area contributed by atoms with Crippen LogP contribution in [0.3, 0.4) is 0 Å². The van der Waals surface area contributed by atoms with Crippen LogP contribution in [0.15, 0.2) is 23.0 Å². The average Bonchev–Trinajstić information content (AvgIpc) is 2.82. The van der Waals surface area contributed by atoms with E-state index in [1.807, 2.05) is 0 Å². The zero-order valence-corrected chi connectivity index (χ0v) is 10.4. The highest BCUT2D eigenvalue weighted by Gasteiger charge is 2.12. The van der Waals surface area contributed by atoms with Crippen LogP contribution in [0.5, 0.6) is 0 Å². The van der Waals surface area contributed by atoms with Gasteiger partial charge in [-0.15, -0.1) is 0 Å². The Morgan fingerprint density at radius 3 is 2.59 bits per heavy atom. The molecule has 0 fully saturated rings. The molecule has 1 rings (SSSR count). The highest BCUT2D eigenvalue weighted by molar-refractivity contribution is 6.07. The largest absolute Gasteiger partial charge is 0.472 e. The summed E-state index contributed by atoms with van der Waals surface area (Å²) in [6.45, 7) is 2.16. The molecule has 0 aromatic carbocycles. The van der Waals surface area contributed by atoms with E-state index in [9.17, 15) is 9.59 Å². The number of carbonyl (C=O) groups is 2. The van der Waals surface area contributed by atoms with Crippen molar-refractivity contribution in [3.8, 4) is 0 Å². The van der Waals surface area contributed by atoms with Crippen LogP contribution in [0.2, 0.25) is 0 Å². The molecule has 0 aliphatic rings. The second-order valence-corrected chi connectivity index (χ2v) is 4.31. The number of furan rings is 1. The lowest BCUT2D eigenvalue weighted by molar-refractivity contribution is -0.118. The van der Waals surface area contributed by atoms with Crippen molar-refractivity contribution in [3.05, 3.63) is 24.2 Å². The maximum Gasteiger partial charge on any atom is 0.173 e. The predicted octanol–water partition coefficient (Wildman–Crippen LogP) is 3.78. The first-order valence-electron chi connectivity index (χ1n) is 6.31. The third-order valence-electron chi connectivity index (χ3n) is 2.76. The number of hydrogen-bond acceptors (Lipinski definition) is 3. The van der Waals surface area contributed by atoms with E-state index in [-0.39, 0.29) is 18.0 Å². The monoisotopic (exact) mass is 236 g/mol. The van der Waals surface area contributed by atoms with Crippen molar-refractivity contribution in [1.82, 2.24) is 0 Å². The maximum absolute atomic E-state index is 11.6. The number of Topliss-reactive ketones (excluding diaryl/α,β-unsaturated/α-hetero) is 2. The van der Waals surface area contributed by atoms with E-state index in [1.165, 1.54) is 31.8 Å². The number of carbonyl (C=O) groups excluding carboxylic acids is 2. The van der Waals surface area contributed by atoms with E-state index in [4.69, 9.17) is 4.42 Å². The van der Waals surface area contributed by atoms with E-state index < -0.39 is 0 Å². The van der Waals surface area contributed by atoms with Crippen LogP contribution in [0.25, 0.3) is 0 Å². The minimum absolute atomic E-state index is 0.00725. The molecular weight excluding hydrogens is 216 g/mol. The van der Waals surface area contributed by atoms with Gasteiger partial charge in [-0.25, -0.2) is 0 Å². The Morgan fingerprint density at radius 1 is 1.18 bits per heavy atom. The highest BCUT2D eigenvalue weighted by Crippen LogP contribution is 2.09. The summed E-state index contributed by atoms with van der Waals surface area (Å²) in [5.41, 5.74) is 0.490. The minimum atomic E-state index is -0.141. The Hall–Kier alpha value is -1.38. The Kier molecular flexibility index (Phi) is 6.30. The summed E-state index contributed by atoms with van der Waals surface area (Å²) in [4.78, 5) is 23.1. The molecule has 0 aliphatic carbocycles. The number of unbranched alkanes of at least 4 members (excludes halogenated alkanes) is 4. The molecule has 1 aromatic rings. The van der Waals surface area contributed by atoms with Crippen LogP contribution in [0.4, 0.5) is 0 Å². The number of ketones is 2. The maximum atomic E-state index is 11.6. The third-order valence-corrected chi connectivity index (χ3v) is 2.76. The molecule has 0 bridgehead atoms. The SMILES string of the molecule is CCCCCCCC(=O)CC(=O)c1ccoc1. The van der Waals surface area contributed by atoms with Gasteiger partial charge in [-0.1, -0.05) is 32.6 Å². The fourth-order valence-electron chi connectivity index (χ4n) is 1.72. The van der Waals surface area contributed by atoms with Gasteiger partial charge >= 0.3 is 0 Å². The van der Waals surface area contributed by atoms with E-state index in [0.717, 1.165) is 12.8 Å². The standard InChI is InChI=1S/C14H20O3/c1-2-3-4-5-6-7-13(15)10-14(16)12-8-9-17-11-12/h8-9,11H,2-7,10H2,1H3. The summed E-state index contributed by atoms with van der Waals surface area (Å²) >= 11 is 0. The van der Waals surface area contributed by atoms with Gasteiger partial charge in [-0.2, -0.15) is 0 Å². The van der Waals surface area contributed by atoms with Crippen molar-refractivity contribution in [2.24, 2.45) is 0 Å². The molecule has 0 saturated carbocycles. The van der Waals surface area contributed by atoms with Gasteiger partial charge in [0.1, 0.15) is 12.0 Å². The summed E-state index contributed by atoms with van der Waals surface area (Å²) < 4.78 is 4.81. The first kappa shape index (κ1) is 13.7. The first-order valence-corrected chi connectivity index (χ1v) is 6.31. The van der Waals surface area contributed by atoms with Crippen LogP contribution in [-0.4, -0.2) is 11.6 Å². The van der Waals surface area contributed by atoms with Gasteiger partial charge < -0.3 is 4.42 Å². The van der Waals surface area contributed by atoms with E-state index in [0.29, 0.717) is 12.0 Å². The van der Waals surface area contributed by atoms with E-state index >= 15 is 0 Å². The number of hydrogen-bond donors (Lipinski definition) is 0. The molecular formula is C14H20O3. The first-order chi connectivity index (χ1) is 8.24. The van der Waals surface area contributed by atoms with Gasteiger partial charge in [-0.3, -0.25) is 9.59 Å². The quantitative estimate of drug-likeness (QED) is 0.372. The van der Waals surface area contributed by atoms with Crippen molar-refractivity contribution in [1.29, 1.82) is 0 Å². The van der Waals surface area contributed by atoms with Crippen molar-refractivity contribution in [2.45, 2.75) is 51.9 Å². The third kappa shape index (κ3) is 5.48. The Balaban J connectivity index is 2.15. The molecule has 0 saturated heterocycles. The molecule has 0 spiro atoms. The molecule has 1 heterocycles. The second kappa shape index (κ2) is 7.82. The lowest BCUT2D eigenvalue weighted by Gasteiger charge is -2.00. The molecule has 0 aliphatic heterocycles. The summed E-state index contributed by atoms with van der Waals surface area (Å²) in [5.74, 6) is -0.106. The molecule has 0 atom stereocenters. The van der Waals surface area contributed by atoms with Crippen molar-refractivity contribution in [2.75, 3.05) is 0 Å². The summed E-state index contributed by atoms with van der Waals surface area (Å²) in [5, 5.41) is 0. The Bertz CT molecular complexity index is 338. The van der Waals surface area contributed by atoms with Gasteiger partial charge in [0.25, 0.3) is 0 Å². The Morgan fingerprint density at radius 2 is 1.94 bits per heavy atom. The summed E-state index contributed by atoms with van der Waals surface area (Å²) in [6, 6.07) is 1.59. The van der Waals surface area contributed by atoms with Crippen molar-refractivity contribution in [3.63, 3.8) is 0 Å². The fourth-order valence-corrected chi connectivity index (χ4v) is 1.72. The van der Waals surface area contributed by atoms with Crippen LogP contribution in [-0.2, 0) is 4.79 Å². The molecule has 3 nitrogen and oxygen atoms in total. The van der Waals surface area contributed by atoms with Crippen molar-refractivity contribution < 1.29 is 14.0 Å². The molecule has 17 heavy (non-hydrogen) atoms. The molecule has 94 valence electrons. The molecule has 0 N–H and O–H groups in total. The van der Waals surface area contributed by atoms with Crippen LogP contribution < -0.4 is 0 Å². The fraction of sp³-hybridized carbons (Fsp3) is 0.571. The summed E-state index contributed by atoms with van der Waals surface area (Å²) in [6.07, 6.45) is 8.95. The minimum Gasteiger partial charge on any atom is -0.472 e. The zero-order chi connectivity index (χ0) is 12.5. The number of rotatable bonds is 9. The van der Waals surface area contributed by atoms with Gasteiger partial charge in [-0.05, 0) is 12.5 Å². The predicted molar refractivity (Wildman–Crippen MR) is 66.0 cm³/mol. The Labute approximate surface area is 102 Å². The van der Waals surface area contributed by atoms with Crippen molar-refractivity contribution >= 4 is 11.6 Å². The smallest absolute Gasteiger partial charge is 0.173 e. The van der Waals surface area contributed by atoms with Crippen LogP contribution in [0, 0.1) is 0 Å². The van der Waals surface area contributed by atoms with Gasteiger partial charge in [0.05, 0.1) is 18.2 Å². The zero-order valence-electron chi connectivity index (χ0n) is 10.4.